The third kappa shape index (κ3) is 1.91. The molecule has 0 bridgehead atoms. The number of allylic oxidation sites excluding steroid dienone is 1. The summed E-state index contributed by atoms with van der Waals surface area (Å²) < 4.78 is 0. The van der Waals surface area contributed by atoms with E-state index in [1.807, 2.05) is 30.3 Å². The number of nitrogens with one attached hydrogen (secondary N) is 1. The molecule has 0 aliphatic rings. The van der Waals surface area contributed by atoms with Crippen molar-refractivity contribution in [1.29, 1.82) is 0 Å². The molecule has 1 aromatic carbocycles. The molecule has 15 heavy (non-hydrogen) atoms. The third-order valence-electron chi connectivity index (χ3n) is 2.29. The van der Waals surface area contributed by atoms with Crippen molar-refractivity contribution in [1.82, 2.24) is 4.98 Å². The van der Waals surface area contributed by atoms with Crippen LogP contribution in [0.4, 0.5) is 0 Å². The third-order valence-corrected chi connectivity index (χ3v) is 2.29. The van der Waals surface area contributed by atoms with Gasteiger partial charge in [-0.15, -0.1) is 0 Å². The number of rotatable bonds is 2. The van der Waals surface area contributed by atoms with E-state index in [0.29, 0.717) is 0 Å². The van der Waals surface area contributed by atoms with E-state index >= 15 is 0 Å². The van der Waals surface area contributed by atoms with E-state index in [0.717, 1.165) is 22.2 Å². The van der Waals surface area contributed by atoms with Crippen LogP contribution < -0.4 is 0 Å². The van der Waals surface area contributed by atoms with E-state index in [-0.39, 0.29) is 0 Å². The highest BCUT2D eigenvalue weighted by molar-refractivity contribution is 5.91. The Morgan fingerprint density at radius 1 is 1.40 bits per heavy atom. The first kappa shape index (κ1) is 9.52. The van der Waals surface area contributed by atoms with Crippen LogP contribution in [0.25, 0.3) is 16.5 Å². The van der Waals surface area contributed by atoms with Crippen LogP contribution in [0, 0.1) is 0 Å². The Bertz CT molecular complexity index is 504. The van der Waals surface area contributed by atoms with E-state index in [9.17, 15) is 4.79 Å². The van der Waals surface area contributed by atoms with Gasteiger partial charge >= 0.3 is 5.97 Å². The summed E-state index contributed by atoms with van der Waals surface area (Å²) in [5, 5.41) is 9.72. The second kappa shape index (κ2) is 3.61. The van der Waals surface area contributed by atoms with Gasteiger partial charge in [-0.1, -0.05) is 18.2 Å². The molecule has 0 aliphatic heterocycles. The lowest BCUT2D eigenvalue weighted by Gasteiger charge is -1.93. The number of hydrogen-bond acceptors (Lipinski definition) is 1. The summed E-state index contributed by atoms with van der Waals surface area (Å²) in [5.41, 5.74) is 2.59. The lowest BCUT2D eigenvalue weighted by molar-refractivity contribution is -0.131. The Morgan fingerprint density at radius 3 is 2.80 bits per heavy atom. The van der Waals surface area contributed by atoms with Crippen LogP contribution in [0.5, 0.6) is 0 Å². The van der Waals surface area contributed by atoms with Gasteiger partial charge in [-0.25, -0.2) is 4.79 Å². The van der Waals surface area contributed by atoms with Crippen LogP contribution in [0.2, 0.25) is 0 Å². The van der Waals surface area contributed by atoms with Crippen molar-refractivity contribution in [2.24, 2.45) is 0 Å². The number of para-hydroxylation sites is 1. The monoisotopic (exact) mass is 201 g/mol. The minimum Gasteiger partial charge on any atom is -0.478 e. The zero-order valence-corrected chi connectivity index (χ0v) is 8.32. The lowest BCUT2D eigenvalue weighted by Crippen LogP contribution is -1.89. The molecule has 0 fully saturated rings. The number of fused-ring (bicyclic) bond motifs is 1. The Morgan fingerprint density at radius 2 is 2.13 bits per heavy atom. The predicted octanol–water partition coefficient (Wildman–Crippen LogP) is 2.66. The maximum atomic E-state index is 10.5. The minimum absolute atomic E-state index is 0.721. The molecule has 2 rings (SSSR count). The topological polar surface area (TPSA) is 53.1 Å². The zero-order chi connectivity index (χ0) is 10.8. The second-order valence-corrected chi connectivity index (χ2v) is 3.44. The minimum atomic E-state index is -0.925. The Balaban J connectivity index is 2.49. The highest BCUT2D eigenvalue weighted by Gasteiger charge is 2.02. The van der Waals surface area contributed by atoms with Crippen molar-refractivity contribution in [3.05, 3.63) is 42.1 Å². The molecule has 3 nitrogen and oxygen atoms in total. The fourth-order valence-electron chi connectivity index (χ4n) is 1.55. The van der Waals surface area contributed by atoms with Crippen LogP contribution in [-0.4, -0.2) is 16.1 Å². The Kier molecular flexibility index (Phi) is 2.29. The molecule has 3 heteroatoms. The van der Waals surface area contributed by atoms with Gasteiger partial charge in [0.1, 0.15) is 0 Å². The molecule has 1 aromatic heterocycles. The normalized spacial score (nSPS) is 11.9. The molecule has 0 radical (unpaired) electrons. The highest BCUT2D eigenvalue weighted by atomic mass is 16.4. The van der Waals surface area contributed by atoms with Crippen molar-refractivity contribution < 1.29 is 9.90 Å². The number of aromatic amines is 1. The van der Waals surface area contributed by atoms with Gasteiger partial charge in [-0.3, -0.25) is 0 Å². The van der Waals surface area contributed by atoms with Gasteiger partial charge in [-0.05, 0) is 30.0 Å². The molecule has 76 valence electrons. The smallest absolute Gasteiger partial charge is 0.328 e. The van der Waals surface area contributed by atoms with E-state index < -0.39 is 5.97 Å². The van der Waals surface area contributed by atoms with Crippen LogP contribution in [-0.2, 0) is 4.79 Å². The number of benzene rings is 1. The fourth-order valence-corrected chi connectivity index (χ4v) is 1.55. The largest absolute Gasteiger partial charge is 0.478 e. The van der Waals surface area contributed by atoms with Gasteiger partial charge < -0.3 is 10.1 Å². The maximum Gasteiger partial charge on any atom is 0.328 e. The first-order valence-electron chi connectivity index (χ1n) is 4.66. The highest BCUT2D eigenvalue weighted by Crippen LogP contribution is 2.19. The molecular weight excluding hydrogens is 190 g/mol. The fraction of sp³-hybridized carbons (Fsp3) is 0.0833. The van der Waals surface area contributed by atoms with E-state index in [1.54, 1.807) is 6.92 Å². The van der Waals surface area contributed by atoms with E-state index in [2.05, 4.69) is 4.98 Å². The van der Waals surface area contributed by atoms with Crippen LogP contribution in [0.1, 0.15) is 12.6 Å². The average molecular weight is 201 g/mol. The standard InChI is InChI=1S/C12H11NO2/c1-8(6-12(14)15)11-7-9-4-2-3-5-10(9)13-11/h2-7,13H,1H3,(H,14,15)/b8-6+. The SMILES string of the molecule is C/C(=C\C(=O)O)c1cc2ccccc2[nH]1. The molecule has 0 atom stereocenters. The first-order chi connectivity index (χ1) is 7.16. The van der Waals surface area contributed by atoms with Gasteiger partial charge in [0.2, 0.25) is 0 Å². The van der Waals surface area contributed by atoms with Crippen molar-refractivity contribution in [2.45, 2.75) is 6.92 Å². The zero-order valence-electron chi connectivity index (χ0n) is 8.32. The van der Waals surface area contributed by atoms with Crippen molar-refractivity contribution in [3.8, 4) is 0 Å². The predicted molar refractivity (Wildman–Crippen MR) is 59.6 cm³/mol. The van der Waals surface area contributed by atoms with Crippen molar-refractivity contribution >= 4 is 22.4 Å². The summed E-state index contributed by atoms with van der Waals surface area (Å²) in [7, 11) is 0. The van der Waals surface area contributed by atoms with E-state index in [4.69, 9.17) is 5.11 Å². The lowest BCUT2D eigenvalue weighted by atomic mass is 10.2. The average Bonchev–Trinajstić information content (AvgIpc) is 2.59. The number of aliphatic carboxylic acids is 1. The number of carboxylic acids is 1. The molecule has 0 amide bonds. The molecular formula is C12H11NO2. The molecule has 0 spiro atoms. The molecule has 0 saturated heterocycles. The molecule has 2 N–H and O–H groups in total. The van der Waals surface area contributed by atoms with Crippen LogP contribution >= 0.6 is 0 Å². The van der Waals surface area contributed by atoms with Gasteiger partial charge in [0.05, 0.1) is 0 Å². The Hall–Kier alpha value is -2.03. The molecule has 0 aliphatic carbocycles. The first-order valence-corrected chi connectivity index (χ1v) is 4.66. The summed E-state index contributed by atoms with van der Waals surface area (Å²) in [4.78, 5) is 13.7. The second-order valence-electron chi connectivity index (χ2n) is 3.44. The molecule has 2 aromatic rings. The van der Waals surface area contributed by atoms with Gasteiger partial charge in [-0.2, -0.15) is 0 Å². The van der Waals surface area contributed by atoms with Crippen molar-refractivity contribution in [2.75, 3.05) is 0 Å². The maximum absolute atomic E-state index is 10.5. The number of H-pyrrole nitrogens is 1. The van der Waals surface area contributed by atoms with Crippen LogP contribution in [0.15, 0.2) is 36.4 Å². The molecule has 0 saturated carbocycles. The van der Waals surface area contributed by atoms with Gasteiger partial charge in [0, 0.05) is 17.3 Å². The summed E-state index contributed by atoms with van der Waals surface area (Å²) in [5.74, 6) is -0.925. The molecule has 1 heterocycles. The number of hydrogen-bond donors (Lipinski definition) is 2. The number of carboxylic acid groups (broad SMARTS) is 1. The number of carbonyl (C=O) groups is 1. The summed E-state index contributed by atoms with van der Waals surface area (Å²) >= 11 is 0. The van der Waals surface area contributed by atoms with Gasteiger partial charge in [0.15, 0.2) is 0 Å². The van der Waals surface area contributed by atoms with Crippen LogP contribution in [0.3, 0.4) is 0 Å². The van der Waals surface area contributed by atoms with E-state index in [1.165, 1.54) is 6.08 Å². The Labute approximate surface area is 87.0 Å². The number of aromatic nitrogens is 1. The summed E-state index contributed by atoms with van der Waals surface area (Å²) in [6.07, 6.45) is 1.20. The quantitative estimate of drug-likeness (QED) is 0.734. The van der Waals surface area contributed by atoms with Gasteiger partial charge in [0.25, 0.3) is 0 Å². The summed E-state index contributed by atoms with van der Waals surface area (Å²) in [6, 6.07) is 9.80. The van der Waals surface area contributed by atoms with Crippen molar-refractivity contribution in [3.63, 3.8) is 0 Å². The molecule has 0 unspecified atom stereocenters. The summed E-state index contributed by atoms with van der Waals surface area (Å²) in [6.45, 7) is 1.78.